The van der Waals surface area contributed by atoms with Crippen LogP contribution >= 0.6 is 11.3 Å². The summed E-state index contributed by atoms with van der Waals surface area (Å²) < 4.78 is 19.1. The minimum Gasteiger partial charge on any atom is -0.390 e. The Bertz CT molecular complexity index is 982. The van der Waals surface area contributed by atoms with E-state index in [0.29, 0.717) is 6.42 Å². The van der Waals surface area contributed by atoms with E-state index < -0.39 is 18.3 Å². The highest BCUT2D eigenvalue weighted by atomic mass is 32.1. The maximum absolute atomic E-state index is 13.2. The van der Waals surface area contributed by atoms with E-state index >= 15 is 0 Å². The first-order chi connectivity index (χ1) is 13.9. The third-order valence-corrected chi connectivity index (χ3v) is 6.65. The summed E-state index contributed by atoms with van der Waals surface area (Å²) in [6.07, 6.45) is -1.10. The van der Waals surface area contributed by atoms with E-state index in [0.717, 1.165) is 22.4 Å². The molecule has 2 heterocycles. The Balaban J connectivity index is 1.56. The molecule has 4 rings (SSSR count). The van der Waals surface area contributed by atoms with Crippen LogP contribution in [-0.2, 0) is 11.2 Å². The fourth-order valence-corrected chi connectivity index (χ4v) is 4.87. The minimum atomic E-state index is -0.923. The van der Waals surface area contributed by atoms with Gasteiger partial charge in [0.05, 0.1) is 12.2 Å². The van der Waals surface area contributed by atoms with E-state index in [4.69, 9.17) is 4.74 Å². The molecule has 0 spiro atoms. The number of hydrogen-bond acceptors (Lipinski definition) is 4. The van der Waals surface area contributed by atoms with Crippen molar-refractivity contribution in [2.75, 3.05) is 0 Å². The largest absolute Gasteiger partial charge is 0.390 e. The first-order valence-corrected chi connectivity index (χ1v) is 10.7. The molecule has 1 fully saturated rings. The van der Waals surface area contributed by atoms with Gasteiger partial charge >= 0.3 is 0 Å². The predicted molar refractivity (Wildman–Crippen MR) is 114 cm³/mol. The van der Waals surface area contributed by atoms with Crippen molar-refractivity contribution < 1.29 is 19.3 Å². The number of benzene rings is 2. The molecule has 29 heavy (non-hydrogen) atoms. The molecule has 4 atom stereocenters. The van der Waals surface area contributed by atoms with Crippen LogP contribution < -0.4 is 0 Å². The van der Waals surface area contributed by atoms with Gasteiger partial charge in [-0.1, -0.05) is 30.3 Å². The van der Waals surface area contributed by atoms with Gasteiger partial charge < -0.3 is 14.9 Å². The lowest BCUT2D eigenvalue weighted by atomic mass is 9.91. The monoisotopic (exact) mass is 412 g/mol. The van der Waals surface area contributed by atoms with Crippen LogP contribution in [0.2, 0.25) is 0 Å². The Morgan fingerprint density at radius 1 is 1.07 bits per heavy atom. The highest BCUT2D eigenvalue weighted by Crippen LogP contribution is 2.34. The molecule has 5 heteroatoms. The standard InChI is InChI=1S/C24H25FO3S/c1-14-3-4-17(24-23(27)21(26)11-15(2)28-24)12-18(14)13-20-9-10-22(29-20)16-5-7-19(25)8-6-16/h3-10,12,15,21,23-24,26-27H,11,13H2,1-2H3/t15-,21+,23-,24+/m1/s1. The Labute approximate surface area is 174 Å². The number of rotatable bonds is 4. The zero-order valence-corrected chi connectivity index (χ0v) is 17.3. The second-order valence-corrected chi connectivity index (χ2v) is 8.96. The van der Waals surface area contributed by atoms with Crippen LogP contribution in [0.4, 0.5) is 4.39 Å². The van der Waals surface area contributed by atoms with E-state index in [1.54, 1.807) is 23.5 Å². The van der Waals surface area contributed by atoms with Crippen LogP contribution in [0.25, 0.3) is 10.4 Å². The molecular formula is C24H25FO3S. The van der Waals surface area contributed by atoms with Crippen molar-refractivity contribution in [1.29, 1.82) is 0 Å². The number of aryl methyl sites for hydroxylation is 1. The van der Waals surface area contributed by atoms with Crippen LogP contribution in [0.15, 0.2) is 54.6 Å². The third-order valence-electron chi connectivity index (χ3n) is 5.51. The van der Waals surface area contributed by atoms with Gasteiger partial charge in [0.2, 0.25) is 0 Å². The normalized spacial score (nSPS) is 24.6. The van der Waals surface area contributed by atoms with Crippen LogP contribution in [-0.4, -0.2) is 28.5 Å². The van der Waals surface area contributed by atoms with Gasteiger partial charge in [-0.05, 0) is 60.4 Å². The summed E-state index contributed by atoms with van der Waals surface area (Å²) in [5, 5.41) is 20.5. The van der Waals surface area contributed by atoms with Crippen LogP contribution in [0.1, 0.15) is 41.0 Å². The van der Waals surface area contributed by atoms with E-state index in [2.05, 4.69) is 25.1 Å². The van der Waals surface area contributed by atoms with Crippen molar-refractivity contribution in [2.45, 2.75) is 51.1 Å². The molecule has 2 N–H and O–H groups in total. The topological polar surface area (TPSA) is 49.7 Å². The van der Waals surface area contributed by atoms with Gasteiger partial charge in [0.25, 0.3) is 0 Å². The Kier molecular flexibility index (Phi) is 5.83. The number of aliphatic hydroxyl groups excluding tert-OH is 2. The molecule has 0 radical (unpaired) electrons. The molecule has 0 saturated carbocycles. The van der Waals surface area contributed by atoms with Gasteiger partial charge in [-0.15, -0.1) is 11.3 Å². The lowest BCUT2D eigenvalue weighted by molar-refractivity contribution is -0.166. The lowest BCUT2D eigenvalue weighted by Gasteiger charge is -2.36. The average Bonchev–Trinajstić information content (AvgIpc) is 3.15. The number of thiophene rings is 1. The van der Waals surface area contributed by atoms with Crippen molar-refractivity contribution >= 4 is 11.3 Å². The lowest BCUT2D eigenvalue weighted by Crippen LogP contribution is -2.42. The Morgan fingerprint density at radius 3 is 2.59 bits per heavy atom. The summed E-state index contributed by atoms with van der Waals surface area (Å²) in [7, 11) is 0. The van der Waals surface area contributed by atoms with Gasteiger partial charge in [-0.25, -0.2) is 4.39 Å². The van der Waals surface area contributed by atoms with Crippen LogP contribution in [0.5, 0.6) is 0 Å². The molecule has 0 aliphatic carbocycles. The molecule has 0 unspecified atom stereocenters. The maximum Gasteiger partial charge on any atom is 0.123 e. The predicted octanol–water partition coefficient (Wildman–Crippen LogP) is 5.03. The fourth-order valence-electron chi connectivity index (χ4n) is 3.83. The van der Waals surface area contributed by atoms with E-state index in [1.165, 1.54) is 28.1 Å². The Hall–Kier alpha value is -2.05. The highest BCUT2D eigenvalue weighted by molar-refractivity contribution is 7.15. The third kappa shape index (κ3) is 4.43. The summed E-state index contributed by atoms with van der Waals surface area (Å²) in [5.41, 5.74) is 4.23. The second kappa shape index (κ2) is 8.36. The summed E-state index contributed by atoms with van der Waals surface area (Å²) in [6, 6.07) is 16.8. The minimum absolute atomic E-state index is 0.0984. The van der Waals surface area contributed by atoms with E-state index in [-0.39, 0.29) is 11.9 Å². The zero-order valence-electron chi connectivity index (χ0n) is 16.5. The molecule has 3 nitrogen and oxygen atoms in total. The number of halogens is 1. The summed E-state index contributed by atoms with van der Waals surface area (Å²) in [5.74, 6) is -0.232. The van der Waals surface area contributed by atoms with Crippen molar-refractivity contribution in [3.05, 3.63) is 82.0 Å². The zero-order chi connectivity index (χ0) is 20.5. The summed E-state index contributed by atoms with van der Waals surface area (Å²) in [6.45, 7) is 3.99. The van der Waals surface area contributed by atoms with Gasteiger partial charge in [0.15, 0.2) is 0 Å². The SMILES string of the molecule is Cc1ccc([C@@H]2O[C@H](C)C[C@H](O)[C@H]2O)cc1Cc1ccc(-c2ccc(F)cc2)s1. The smallest absolute Gasteiger partial charge is 0.123 e. The molecule has 152 valence electrons. The van der Waals surface area contributed by atoms with Crippen LogP contribution in [0, 0.1) is 12.7 Å². The van der Waals surface area contributed by atoms with Gasteiger partial charge in [-0.2, -0.15) is 0 Å². The molecule has 1 aromatic heterocycles. The average molecular weight is 413 g/mol. The second-order valence-electron chi connectivity index (χ2n) is 7.80. The van der Waals surface area contributed by atoms with Gasteiger partial charge in [0, 0.05) is 22.6 Å². The number of ether oxygens (including phenoxy) is 1. The van der Waals surface area contributed by atoms with Crippen molar-refractivity contribution in [2.24, 2.45) is 0 Å². The first-order valence-electron chi connectivity index (χ1n) is 9.86. The van der Waals surface area contributed by atoms with Crippen LogP contribution in [0.3, 0.4) is 0 Å². The number of aliphatic hydroxyl groups is 2. The van der Waals surface area contributed by atoms with Gasteiger partial charge in [0.1, 0.15) is 18.0 Å². The molecule has 0 amide bonds. The van der Waals surface area contributed by atoms with E-state index in [9.17, 15) is 14.6 Å². The molecule has 1 saturated heterocycles. The summed E-state index contributed by atoms with van der Waals surface area (Å²) in [4.78, 5) is 2.32. The van der Waals surface area contributed by atoms with Crippen molar-refractivity contribution in [3.63, 3.8) is 0 Å². The molecule has 0 bridgehead atoms. The van der Waals surface area contributed by atoms with E-state index in [1.807, 2.05) is 19.1 Å². The molecule has 2 aromatic carbocycles. The van der Waals surface area contributed by atoms with Crippen molar-refractivity contribution in [3.8, 4) is 10.4 Å². The maximum atomic E-state index is 13.2. The molecular weight excluding hydrogens is 387 g/mol. The number of hydrogen-bond donors (Lipinski definition) is 2. The van der Waals surface area contributed by atoms with Gasteiger partial charge in [-0.3, -0.25) is 0 Å². The molecule has 1 aliphatic heterocycles. The fraction of sp³-hybridized carbons (Fsp3) is 0.333. The molecule has 1 aliphatic rings. The summed E-state index contributed by atoms with van der Waals surface area (Å²) >= 11 is 1.70. The molecule has 3 aromatic rings. The first kappa shape index (κ1) is 20.2. The quantitative estimate of drug-likeness (QED) is 0.632. The Morgan fingerprint density at radius 2 is 1.83 bits per heavy atom. The van der Waals surface area contributed by atoms with Crippen molar-refractivity contribution in [1.82, 2.24) is 0 Å². The highest BCUT2D eigenvalue weighted by Gasteiger charge is 2.36.